The molecule has 0 aliphatic heterocycles. The van der Waals surface area contributed by atoms with E-state index in [1.54, 1.807) is 19.1 Å². The van der Waals surface area contributed by atoms with E-state index < -0.39 is 5.97 Å². The Morgan fingerprint density at radius 1 is 1.50 bits per heavy atom. The van der Waals surface area contributed by atoms with Crippen molar-refractivity contribution in [3.8, 4) is 6.07 Å². The monoisotopic (exact) mass is 452 g/mol. The third-order valence-electron chi connectivity index (χ3n) is 3.60. The van der Waals surface area contributed by atoms with Crippen LogP contribution in [-0.2, 0) is 0 Å². The van der Waals surface area contributed by atoms with Gasteiger partial charge in [0.15, 0.2) is 0 Å². The first kappa shape index (κ1) is 16.5. The molecule has 2 N–H and O–H groups in total. The lowest BCUT2D eigenvalue weighted by Gasteiger charge is -2.12. The highest BCUT2D eigenvalue weighted by Crippen LogP contribution is 2.33. The molecule has 1 aromatic carbocycles. The number of carbonyl (C=O) groups is 1. The SMILES string of the molecule is Cc1c(C(=O)O)cn2ncc(C#N)c(Nc3ccc(I)cc3Cl)c12. The van der Waals surface area contributed by atoms with E-state index in [4.69, 9.17) is 11.6 Å². The van der Waals surface area contributed by atoms with Gasteiger partial charge >= 0.3 is 5.97 Å². The van der Waals surface area contributed by atoms with Gasteiger partial charge in [-0.25, -0.2) is 9.31 Å². The second-order valence-corrected chi connectivity index (χ2v) is 6.71. The molecule has 0 radical (unpaired) electrons. The number of halogens is 2. The molecule has 0 aliphatic carbocycles. The van der Waals surface area contributed by atoms with E-state index in [0.29, 0.717) is 33.0 Å². The Bertz CT molecular complexity index is 1020. The fourth-order valence-corrected chi connectivity index (χ4v) is 3.34. The number of nitrogens with one attached hydrogen (secondary N) is 1. The fourth-order valence-electron chi connectivity index (χ4n) is 2.44. The van der Waals surface area contributed by atoms with Crippen LogP contribution in [0.4, 0.5) is 11.4 Å². The summed E-state index contributed by atoms with van der Waals surface area (Å²) in [6, 6.07) is 7.55. The first-order chi connectivity index (χ1) is 11.4. The van der Waals surface area contributed by atoms with Crippen LogP contribution >= 0.6 is 34.2 Å². The number of nitrogens with zero attached hydrogens (tertiary/aromatic N) is 3. The number of fused-ring (bicyclic) bond motifs is 1. The highest BCUT2D eigenvalue weighted by molar-refractivity contribution is 14.1. The standard InChI is InChI=1S/C16H10ClIN4O2/c1-8-11(16(23)24)7-22-15(8)14(9(5-19)6-20-22)21-13-3-2-10(18)4-12(13)17/h2-4,6-7,21H,1H3,(H,23,24). The van der Waals surface area contributed by atoms with Crippen molar-refractivity contribution in [2.75, 3.05) is 5.32 Å². The normalized spacial score (nSPS) is 10.6. The van der Waals surface area contributed by atoms with Gasteiger partial charge in [0, 0.05) is 9.77 Å². The number of aromatic carboxylic acids is 1. The average molecular weight is 453 g/mol. The minimum atomic E-state index is -1.05. The molecule has 0 unspecified atom stereocenters. The number of nitriles is 1. The summed E-state index contributed by atoms with van der Waals surface area (Å²) in [7, 11) is 0. The molecule has 24 heavy (non-hydrogen) atoms. The number of rotatable bonds is 3. The third kappa shape index (κ3) is 2.79. The summed E-state index contributed by atoms with van der Waals surface area (Å²) in [4.78, 5) is 11.4. The van der Waals surface area contributed by atoms with Crippen molar-refractivity contribution < 1.29 is 9.90 Å². The largest absolute Gasteiger partial charge is 0.478 e. The molecular formula is C16H10ClIN4O2. The molecule has 2 aromatic heterocycles. The second kappa shape index (κ2) is 6.30. The van der Waals surface area contributed by atoms with Crippen LogP contribution < -0.4 is 5.32 Å². The Hall–Kier alpha value is -2.31. The maximum Gasteiger partial charge on any atom is 0.337 e. The highest BCUT2D eigenvalue weighted by atomic mass is 127. The van der Waals surface area contributed by atoms with E-state index in [2.05, 4.69) is 39.1 Å². The van der Waals surface area contributed by atoms with Crippen molar-refractivity contribution in [2.45, 2.75) is 6.92 Å². The molecule has 0 bridgehead atoms. The van der Waals surface area contributed by atoms with Gasteiger partial charge in [-0.3, -0.25) is 0 Å². The molecule has 8 heteroatoms. The summed E-state index contributed by atoms with van der Waals surface area (Å²) >= 11 is 8.41. The minimum absolute atomic E-state index is 0.134. The van der Waals surface area contributed by atoms with E-state index in [-0.39, 0.29) is 5.56 Å². The number of hydrogen-bond acceptors (Lipinski definition) is 4. The fraction of sp³-hybridized carbons (Fsp3) is 0.0625. The lowest BCUT2D eigenvalue weighted by molar-refractivity contribution is 0.0696. The molecule has 120 valence electrons. The Labute approximate surface area is 155 Å². The van der Waals surface area contributed by atoms with Crippen molar-refractivity contribution in [2.24, 2.45) is 0 Å². The Kier molecular flexibility index (Phi) is 4.34. The molecule has 2 heterocycles. The van der Waals surface area contributed by atoms with Gasteiger partial charge in [0.25, 0.3) is 0 Å². The topological polar surface area (TPSA) is 90.4 Å². The van der Waals surface area contributed by atoms with Gasteiger partial charge in [0.2, 0.25) is 0 Å². The van der Waals surface area contributed by atoms with E-state index >= 15 is 0 Å². The number of carboxylic acid groups (broad SMARTS) is 1. The van der Waals surface area contributed by atoms with Gasteiger partial charge < -0.3 is 10.4 Å². The van der Waals surface area contributed by atoms with Crippen LogP contribution in [0.15, 0.2) is 30.6 Å². The Balaban J connectivity index is 2.25. The summed E-state index contributed by atoms with van der Waals surface area (Å²) in [6.07, 6.45) is 2.82. The van der Waals surface area contributed by atoms with E-state index in [1.807, 2.05) is 6.07 Å². The smallest absolute Gasteiger partial charge is 0.337 e. The van der Waals surface area contributed by atoms with E-state index in [0.717, 1.165) is 3.57 Å². The van der Waals surface area contributed by atoms with Crippen LogP contribution in [0, 0.1) is 21.8 Å². The zero-order valence-corrected chi connectivity index (χ0v) is 15.3. The first-order valence-corrected chi connectivity index (χ1v) is 8.24. The van der Waals surface area contributed by atoms with Crippen molar-refractivity contribution in [3.63, 3.8) is 0 Å². The predicted octanol–water partition coefficient (Wildman–Crippen LogP) is 4.21. The van der Waals surface area contributed by atoms with Crippen LogP contribution in [0.25, 0.3) is 5.52 Å². The molecule has 0 spiro atoms. The number of benzene rings is 1. The molecule has 3 aromatic rings. The molecular weight excluding hydrogens is 443 g/mol. The van der Waals surface area contributed by atoms with Crippen molar-refractivity contribution >= 4 is 57.1 Å². The summed E-state index contributed by atoms with van der Waals surface area (Å²) in [5, 5.41) is 26.4. The lowest BCUT2D eigenvalue weighted by Crippen LogP contribution is -2.01. The van der Waals surface area contributed by atoms with Crippen molar-refractivity contribution in [1.82, 2.24) is 9.61 Å². The summed E-state index contributed by atoms with van der Waals surface area (Å²) in [5.41, 5.74) is 2.58. The molecule has 0 saturated heterocycles. The zero-order valence-electron chi connectivity index (χ0n) is 12.3. The van der Waals surface area contributed by atoms with Gasteiger partial charge in [0.05, 0.1) is 39.2 Å². The summed E-state index contributed by atoms with van der Waals surface area (Å²) < 4.78 is 2.43. The van der Waals surface area contributed by atoms with Crippen molar-refractivity contribution in [1.29, 1.82) is 5.26 Å². The molecule has 0 fully saturated rings. The Morgan fingerprint density at radius 2 is 2.25 bits per heavy atom. The predicted molar refractivity (Wildman–Crippen MR) is 99.1 cm³/mol. The molecule has 0 aliphatic rings. The minimum Gasteiger partial charge on any atom is -0.478 e. The number of aryl methyl sites for hydroxylation is 1. The molecule has 0 saturated carbocycles. The Morgan fingerprint density at radius 3 is 2.88 bits per heavy atom. The van der Waals surface area contributed by atoms with Crippen molar-refractivity contribution in [3.05, 3.63) is 55.9 Å². The van der Waals surface area contributed by atoms with Crippen LogP contribution in [0.1, 0.15) is 21.5 Å². The quantitative estimate of drug-likeness (QED) is 0.581. The number of aromatic nitrogens is 2. The van der Waals surface area contributed by atoms with Crippen LogP contribution in [0.3, 0.4) is 0 Å². The molecule has 6 nitrogen and oxygen atoms in total. The lowest BCUT2D eigenvalue weighted by atomic mass is 10.1. The first-order valence-electron chi connectivity index (χ1n) is 6.78. The van der Waals surface area contributed by atoms with Gasteiger partial charge in [-0.15, -0.1) is 0 Å². The number of carboxylic acids is 1. The highest BCUT2D eigenvalue weighted by Gasteiger charge is 2.19. The number of hydrogen-bond donors (Lipinski definition) is 2. The van der Waals surface area contributed by atoms with E-state index in [9.17, 15) is 15.2 Å². The maximum atomic E-state index is 11.4. The van der Waals surface area contributed by atoms with Crippen LogP contribution in [0.2, 0.25) is 5.02 Å². The van der Waals surface area contributed by atoms with Gasteiger partial charge in [-0.1, -0.05) is 11.6 Å². The van der Waals surface area contributed by atoms with Crippen LogP contribution in [0.5, 0.6) is 0 Å². The number of anilines is 2. The average Bonchev–Trinajstić information content (AvgIpc) is 2.88. The van der Waals surface area contributed by atoms with Crippen LogP contribution in [-0.4, -0.2) is 20.7 Å². The summed E-state index contributed by atoms with van der Waals surface area (Å²) in [6.45, 7) is 1.68. The molecule has 3 rings (SSSR count). The van der Waals surface area contributed by atoms with Gasteiger partial charge in [-0.2, -0.15) is 10.4 Å². The molecule has 0 amide bonds. The third-order valence-corrected chi connectivity index (χ3v) is 4.58. The van der Waals surface area contributed by atoms with E-state index in [1.165, 1.54) is 16.9 Å². The van der Waals surface area contributed by atoms with Gasteiger partial charge in [0.1, 0.15) is 6.07 Å². The molecule has 0 atom stereocenters. The second-order valence-electron chi connectivity index (χ2n) is 5.06. The summed E-state index contributed by atoms with van der Waals surface area (Å²) in [5.74, 6) is -1.05. The maximum absolute atomic E-state index is 11.4. The zero-order chi connectivity index (χ0) is 17.4. The van der Waals surface area contributed by atoms with Gasteiger partial charge in [-0.05, 0) is 53.3 Å².